The van der Waals surface area contributed by atoms with Crippen molar-refractivity contribution in [2.45, 2.75) is 27.2 Å². The molecule has 0 aromatic heterocycles. The van der Waals surface area contributed by atoms with Gasteiger partial charge in [-0.25, -0.2) is 4.79 Å². The lowest BCUT2D eigenvalue weighted by molar-refractivity contribution is -0.124. The molecule has 2 N–H and O–H groups in total. The predicted octanol–water partition coefficient (Wildman–Crippen LogP) is 2.02. The van der Waals surface area contributed by atoms with Crippen LogP contribution >= 0.6 is 0 Å². The summed E-state index contributed by atoms with van der Waals surface area (Å²) in [6.07, 6.45) is 0.873. The van der Waals surface area contributed by atoms with Gasteiger partial charge in [-0.1, -0.05) is 26.0 Å². The van der Waals surface area contributed by atoms with Crippen molar-refractivity contribution in [2.75, 3.05) is 13.2 Å². The lowest BCUT2D eigenvalue weighted by atomic mass is 10.1. The molecular weight excluding hydrogens is 258 g/mol. The Bertz CT molecular complexity index is 483. The van der Waals surface area contributed by atoms with Crippen molar-refractivity contribution < 1.29 is 19.4 Å². The third-order valence-corrected chi connectivity index (χ3v) is 2.84. The van der Waals surface area contributed by atoms with Gasteiger partial charge in [0.15, 0.2) is 6.61 Å². The van der Waals surface area contributed by atoms with Gasteiger partial charge in [0, 0.05) is 6.54 Å². The maximum atomic E-state index is 11.7. The summed E-state index contributed by atoms with van der Waals surface area (Å²) in [6.45, 7) is 6.03. The van der Waals surface area contributed by atoms with Crippen LogP contribution in [0.25, 0.3) is 0 Å². The van der Waals surface area contributed by atoms with Gasteiger partial charge in [0.2, 0.25) is 0 Å². The Morgan fingerprint density at radius 2 is 2.05 bits per heavy atom. The van der Waals surface area contributed by atoms with Gasteiger partial charge < -0.3 is 15.2 Å². The number of nitrogens with one attached hydrogen (secondary N) is 1. The smallest absolute Gasteiger partial charge is 0.342 e. The third-order valence-electron chi connectivity index (χ3n) is 2.84. The number of benzene rings is 1. The lowest BCUT2D eigenvalue weighted by Gasteiger charge is -2.09. The summed E-state index contributed by atoms with van der Waals surface area (Å²) >= 11 is 0. The summed E-state index contributed by atoms with van der Waals surface area (Å²) in [5, 5.41) is 12.4. The average molecular weight is 279 g/mol. The molecule has 0 aliphatic carbocycles. The predicted molar refractivity (Wildman–Crippen MR) is 75.6 cm³/mol. The number of amides is 1. The van der Waals surface area contributed by atoms with Crippen molar-refractivity contribution in [1.29, 1.82) is 0 Å². The van der Waals surface area contributed by atoms with Crippen LogP contribution in [0.5, 0.6) is 5.75 Å². The fourth-order valence-corrected chi connectivity index (χ4v) is 1.58. The molecule has 5 nitrogen and oxygen atoms in total. The highest BCUT2D eigenvalue weighted by atomic mass is 16.5. The fraction of sp³-hybridized carbons (Fsp3) is 0.467. The summed E-state index contributed by atoms with van der Waals surface area (Å²) in [4.78, 5) is 23.2. The van der Waals surface area contributed by atoms with Crippen molar-refractivity contribution in [3.8, 4) is 5.75 Å². The largest absolute Gasteiger partial charge is 0.507 e. The lowest BCUT2D eigenvalue weighted by Crippen LogP contribution is -2.30. The minimum Gasteiger partial charge on any atom is -0.507 e. The number of para-hydroxylation sites is 1. The van der Waals surface area contributed by atoms with E-state index in [0.717, 1.165) is 6.42 Å². The molecule has 1 rings (SSSR count). The van der Waals surface area contributed by atoms with Gasteiger partial charge in [-0.2, -0.15) is 0 Å². The summed E-state index contributed by atoms with van der Waals surface area (Å²) in [5.74, 6) is -0.656. The Hall–Kier alpha value is -2.04. The zero-order chi connectivity index (χ0) is 15.1. The SMILES string of the molecule is Cc1cccc(C(=O)OCC(=O)NCCC(C)C)c1O. The second-order valence-electron chi connectivity index (χ2n) is 5.08. The van der Waals surface area contributed by atoms with E-state index >= 15 is 0 Å². The number of ether oxygens (including phenoxy) is 1. The van der Waals surface area contributed by atoms with E-state index in [1.807, 2.05) is 0 Å². The number of phenolic OH excluding ortho intramolecular Hbond substituents is 1. The Morgan fingerprint density at radius 3 is 2.70 bits per heavy atom. The molecule has 0 unspecified atom stereocenters. The van der Waals surface area contributed by atoms with Crippen LogP contribution in [0.4, 0.5) is 0 Å². The Labute approximate surface area is 118 Å². The number of aryl methyl sites for hydroxylation is 1. The maximum absolute atomic E-state index is 11.7. The highest BCUT2D eigenvalue weighted by Crippen LogP contribution is 2.21. The number of carbonyl (C=O) groups is 2. The molecule has 0 radical (unpaired) electrons. The summed E-state index contributed by atoms with van der Waals surface area (Å²) in [5.41, 5.74) is 0.654. The van der Waals surface area contributed by atoms with Gasteiger partial charge in [0.1, 0.15) is 11.3 Å². The van der Waals surface area contributed by atoms with Crippen LogP contribution in [-0.4, -0.2) is 30.1 Å². The number of aromatic hydroxyl groups is 1. The second-order valence-corrected chi connectivity index (χ2v) is 5.08. The van der Waals surface area contributed by atoms with E-state index in [1.165, 1.54) is 6.07 Å². The van der Waals surface area contributed by atoms with E-state index in [9.17, 15) is 14.7 Å². The fourth-order valence-electron chi connectivity index (χ4n) is 1.58. The van der Waals surface area contributed by atoms with Gasteiger partial charge in [-0.3, -0.25) is 4.79 Å². The molecule has 20 heavy (non-hydrogen) atoms. The monoisotopic (exact) mass is 279 g/mol. The van der Waals surface area contributed by atoms with Gasteiger partial charge in [0.05, 0.1) is 0 Å². The first-order valence-electron chi connectivity index (χ1n) is 6.64. The number of phenols is 1. The molecule has 1 aromatic rings. The first-order valence-corrected chi connectivity index (χ1v) is 6.64. The molecule has 1 amide bonds. The van der Waals surface area contributed by atoms with Gasteiger partial charge >= 0.3 is 5.97 Å². The zero-order valence-corrected chi connectivity index (χ0v) is 12.1. The first-order chi connectivity index (χ1) is 9.41. The number of hydrogen-bond acceptors (Lipinski definition) is 4. The molecule has 110 valence electrons. The number of carbonyl (C=O) groups excluding carboxylic acids is 2. The molecule has 0 bridgehead atoms. The second kappa shape index (κ2) is 7.53. The molecular formula is C15H21NO4. The molecule has 0 saturated heterocycles. The molecule has 0 atom stereocenters. The highest BCUT2D eigenvalue weighted by molar-refractivity contribution is 5.94. The van der Waals surface area contributed by atoms with Crippen molar-refractivity contribution in [2.24, 2.45) is 5.92 Å². The van der Waals surface area contributed by atoms with Crippen molar-refractivity contribution >= 4 is 11.9 Å². The topological polar surface area (TPSA) is 75.6 Å². The highest BCUT2D eigenvalue weighted by Gasteiger charge is 2.15. The van der Waals surface area contributed by atoms with Crippen molar-refractivity contribution in [3.63, 3.8) is 0 Å². The summed E-state index contributed by atoms with van der Waals surface area (Å²) in [6, 6.07) is 4.79. The molecule has 1 aromatic carbocycles. The molecule has 0 spiro atoms. The van der Waals surface area contributed by atoms with E-state index in [4.69, 9.17) is 4.74 Å². The van der Waals surface area contributed by atoms with E-state index < -0.39 is 5.97 Å². The van der Waals surface area contributed by atoms with Crippen molar-refractivity contribution in [1.82, 2.24) is 5.32 Å². The van der Waals surface area contributed by atoms with E-state index in [-0.39, 0.29) is 23.8 Å². The molecule has 0 aliphatic rings. The molecule has 0 aliphatic heterocycles. The van der Waals surface area contributed by atoms with Crippen LogP contribution in [0.15, 0.2) is 18.2 Å². The van der Waals surface area contributed by atoms with Crippen LogP contribution in [0, 0.1) is 12.8 Å². The number of rotatable bonds is 6. The first kappa shape index (κ1) is 16.0. The van der Waals surface area contributed by atoms with Gasteiger partial charge in [-0.15, -0.1) is 0 Å². The van der Waals surface area contributed by atoms with Crippen LogP contribution in [0.2, 0.25) is 0 Å². The molecule has 0 fully saturated rings. The Kier molecular flexibility index (Phi) is 6.03. The van der Waals surface area contributed by atoms with E-state index in [2.05, 4.69) is 19.2 Å². The summed E-state index contributed by atoms with van der Waals surface area (Å²) < 4.78 is 4.87. The zero-order valence-electron chi connectivity index (χ0n) is 12.1. The van der Waals surface area contributed by atoms with Gasteiger partial charge in [-0.05, 0) is 30.9 Å². The quantitative estimate of drug-likeness (QED) is 0.781. The van der Waals surface area contributed by atoms with Crippen molar-refractivity contribution in [3.05, 3.63) is 29.3 Å². The molecule has 0 heterocycles. The standard InChI is InChI=1S/C15H21NO4/c1-10(2)7-8-16-13(17)9-20-15(19)12-6-4-5-11(3)14(12)18/h4-6,10,18H,7-9H2,1-3H3,(H,16,17). The Morgan fingerprint density at radius 1 is 1.35 bits per heavy atom. The van der Waals surface area contributed by atoms with Crippen LogP contribution in [0.3, 0.4) is 0 Å². The van der Waals surface area contributed by atoms with Crippen LogP contribution in [-0.2, 0) is 9.53 Å². The number of hydrogen-bond donors (Lipinski definition) is 2. The normalized spacial score (nSPS) is 10.4. The third kappa shape index (κ3) is 4.91. The Balaban J connectivity index is 2.43. The van der Waals surface area contributed by atoms with E-state index in [1.54, 1.807) is 19.1 Å². The molecule has 0 saturated carbocycles. The maximum Gasteiger partial charge on any atom is 0.342 e. The van der Waals surface area contributed by atoms with E-state index in [0.29, 0.717) is 18.0 Å². The number of esters is 1. The average Bonchev–Trinajstić information content (AvgIpc) is 2.38. The van der Waals surface area contributed by atoms with Crippen LogP contribution < -0.4 is 5.32 Å². The molecule has 5 heteroatoms. The van der Waals surface area contributed by atoms with Gasteiger partial charge in [0.25, 0.3) is 5.91 Å². The minimum atomic E-state index is -0.704. The summed E-state index contributed by atoms with van der Waals surface area (Å²) in [7, 11) is 0. The minimum absolute atomic E-state index is 0.0694. The van der Waals surface area contributed by atoms with Crippen LogP contribution in [0.1, 0.15) is 36.2 Å².